The Morgan fingerprint density at radius 3 is 1.96 bits per heavy atom. The van der Waals surface area contributed by atoms with Gasteiger partial charge in [-0.15, -0.1) is 11.3 Å². The second-order valence-corrected chi connectivity index (χ2v) is 14.3. The first-order valence-electron chi connectivity index (χ1n) is 17.3. The summed E-state index contributed by atoms with van der Waals surface area (Å²) in [7, 11) is 0. The molecule has 0 bridgehead atoms. The molecule has 2 atom stereocenters. The van der Waals surface area contributed by atoms with E-state index in [0.29, 0.717) is 0 Å². The lowest BCUT2D eigenvalue weighted by Gasteiger charge is -2.30. The Morgan fingerprint density at radius 1 is 0.580 bits per heavy atom. The first kappa shape index (κ1) is 30.4. The maximum Gasteiger partial charge on any atom is 0.155 e. The van der Waals surface area contributed by atoms with Crippen molar-refractivity contribution in [2.75, 3.05) is 0 Å². The van der Waals surface area contributed by atoms with E-state index in [1.807, 2.05) is 17.4 Å². The second-order valence-electron chi connectivity index (χ2n) is 13.2. The average Bonchev–Trinajstić information content (AvgIpc) is 3.55. The zero-order valence-electron chi connectivity index (χ0n) is 28.0. The highest BCUT2D eigenvalue weighted by Gasteiger charge is 2.31. The average molecular weight is 662 g/mol. The van der Waals surface area contributed by atoms with Gasteiger partial charge in [0.2, 0.25) is 0 Å². The SMILES string of the molecule is CCC1C(c2ccc3c(c2)sc2cc(-c4ccc5nc(-c6ccc(C)cc6)ccc5c4)ccc23)=NC(c2ccccc2)=NC1c1ccccc1. The number of benzene rings is 6. The van der Waals surface area contributed by atoms with Crippen LogP contribution in [0, 0.1) is 12.8 Å². The van der Waals surface area contributed by atoms with Crippen LogP contribution in [0.5, 0.6) is 0 Å². The lowest BCUT2D eigenvalue weighted by atomic mass is 9.83. The summed E-state index contributed by atoms with van der Waals surface area (Å²) >= 11 is 1.86. The molecule has 2 aromatic heterocycles. The van der Waals surface area contributed by atoms with E-state index in [0.717, 1.165) is 45.7 Å². The third-order valence-corrected chi connectivity index (χ3v) is 11.1. The van der Waals surface area contributed by atoms with E-state index in [1.165, 1.54) is 48.0 Å². The Balaban J connectivity index is 1.08. The summed E-state index contributed by atoms with van der Waals surface area (Å²) in [4.78, 5) is 15.5. The summed E-state index contributed by atoms with van der Waals surface area (Å²) in [5.74, 6) is 0.982. The molecule has 9 rings (SSSR count). The van der Waals surface area contributed by atoms with Crippen LogP contribution in [0.15, 0.2) is 162 Å². The number of thiophene rings is 1. The highest BCUT2D eigenvalue weighted by Crippen LogP contribution is 2.40. The van der Waals surface area contributed by atoms with E-state index in [-0.39, 0.29) is 12.0 Å². The first-order valence-corrected chi connectivity index (χ1v) is 18.1. The molecule has 240 valence electrons. The molecule has 1 aliphatic heterocycles. The maximum atomic E-state index is 5.28. The number of aliphatic imine (C=N–C) groups is 2. The molecule has 3 nitrogen and oxygen atoms in total. The Hall–Kier alpha value is -5.71. The number of rotatable bonds is 6. The minimum Gasteiger partial charge on any atom is -0.257 e. The second kappa shape index (κ2) is 12.6. The van der Waals surface area contributed by atoms with Crippen LogP contribution in [-0.2, 0) is 0 Å². The standard InChI is InChI=1S/C46H35N3S/c1-3-37-44(31-10-6-4-7-11-31)48-46(32-12-8-5-9-13-32)49-45(37)36-19-23-39-38-22-18-34(27-42(38)50-43(39)28-36)33-20-24-41-35(26-33)21-25-40(47-41)30-16-14-29(2)15-17-30/h4-28,37,44H,3H2,1-2H3. The van der Waals surface area contributed by atoms with Gasteiger partial charge >= 0.3 is 0 Å². The van der Waals surface area contributed by atoms with Crippen molar-refractivity contribution in [3.05, 3.63) is 174 Å². The van der Waals surface area contributed by atoms with Gasteiger partial charge in [0, 0.05) is 42.6 Å². The zero-order chi connectivity index (χ0) is 33.6. The van der Waals surface area contributed by atoms with E-state index in [1.54, 1.807) is 0 Å². The fourth-order valence-corrected chi connectivity index (χ4v) is 8.47. The highest BCUT2D eigenvalue weighted by atomic mass is 32.1. The van der Waals surface area contributed by atoms with Crippen molar-refractivity contribution in [1.29, 1.82) is 0 Å². The lowest BCUT2D eigenvalue weighted by Crippen LogP contribution is -2.28. The molecule has 0 spiro atoms. The van der Waals surface area contributed by atoms with Crippen LogP contribution in [-0.4, -0.2) is 16.5 Å². The molecule has 0 fully saturated rings. The minimum atomic E-state index is 0.0101. The molecule has 4 heteroatoms. The van der Waals surface area contributed by atoms with Crippen LogP contribution in [0.1, 0.15) is 41.6 Å². The molecule has 0 aliphatic carbocycles. The molecule has 2 unspecified atom stereocenters. The van der Waals surface area contributed by atoms with Crippen molar-refractivity contribution in [1.82, 2.24) is 4.98 Å². The summed E-state index contributed by atoms with van der Waals surface area (Å²) in [6.07, 6.45) is 0.951. The van der Waals surface area contributed by atoms with E-state index < -0.39 is 0 Å². The van der Waals surface area contributed by atoms with Crippen LogP contribution in [0.25, 0.3) is 53.5 Å². The lowest BCUT2D eigenvalue weighted by molar-refractivity contribution is 0.532. The van der Waals surface area contributed by atoms with Crippen LogP contribution in [0.4, 0.5) is 0 Å². The van der Waals surface area contributed by atoms with Gasteiger partial charge in [0.25, 0.3) is 0 Å². The molecule has 8 aromatic rings. The zero-order valence-corrected chi connectivity index (χ0v) is 28.9. The van der Waals surface area contributed by atoms with Crippen LogP contribution < -0.4 is 0 Å². The number of pyridine rings is 1. The van der Waals surface area contributed by atoms with Crippen molar-refractivity contribution >= 4 is 54.0 Å². The topological polar surface area (TPSA) is 37.6 Å². The number of hydrogen-bond donors (Lipinski definition) is 0. The maximum absolute atomic E-state index is 5.28. The van der Waals surface area contributed by atoms with Gasteiger partial charge in [-0.3, -0.25) is 4.99 Å². The highest BCUT2D eigenvalue weighted by molar-refractivity contribution is 7.25. The molecule has 1 aliphatic rings. The van der Waals surface area contributed by atoms with Gasteiger partial charge in [0.1, 0.15) is 0 Å². The van der Waals surface area contributed by atoms with E-state index in [4.69, 9.17) is 15.0 Å². The van der Waals surface area contributed by atoms with Crippen molar-refractivity contribution in [2.45, 2.75) is 26.3 Å². The van der Waals surface area contributed by atoms with Crippen molar-refractivity contribution in [3.8, 4) is 22.4 Å². The molecule has 6 aromatic carbocycles. The minimum absolute atomic E-state index is 0.0101. The summed E-state index contributed by atoms with van der Waals surface area (Å²) in [6.45, 7) is 4.36. The van der Waals surface area contributed by atoms with E-state index in [2.05, 4.69) is 159 Å². The van der Waals surface area contributed by atoms with Crippen LogP contribution >= 0.6 is 11.3 Å². The fraction of sp³-hybridized carbons (Fsp3) is 0.109. The van der Waals surface area contributed by atoms with E-state index in [9.17, 15) is 0 Å². The molecule has 0 radical (unpaired) electrons. The molecule has 0 saturated heterocycles. The van der Waals surface area contributed by atoms with Crippen molar-refractivity contribution in [2.24, 2.45) is 15.9 Å². The number of nitrogens with zero attached hydrogens (tertiary/aromatic N) is 3. The number of aromatic nitrogens is 1. The molecular weight excluding hydrogens is 627 g/mol. The van der Waals surface area contributed by atoms with Gasteiger partial charge in [-0.1, -0.05) is 134 Å². The van der Waals surface area contributed by atoms with Crippen molar-refractivity contribution in [3.63, 3.8) is 0 Å². The third-order valence-electron chi connectivity index (χ3n) is 9.97. The largest absolute Gasteiger partial charge is 0.257 e. The third kappa shape index (κ3) is 5.52. The van der Waals surface area contributed by atoms with Gasteiger partial charge in [0.15, 0.2) is 5.84 Å². The van der Waals surface area contributed by atoms with Gasteiger partial charge in [0.05, 0.1) is 23.0 Å². The predicted octanol–water partition coefficient (Wildman–Crippen LogP) is 12.3. The van der Waals surface area contributed by atoms with Crippen LogP contribution in [0.3, 0.4) is 0 Å². The van der Waals surface area contributed by atoms with Gasteiger partial charge in [-0.05, 0) is 65.9 Å². The molecular formula is C46H35N3S. The molecule has 3 heterocycles. The first-order chi connectivity index (χ1) is 24.6. The Bertz CT molecular complexity index is 2580. The smallest absolute Gasteiger partial charge is 0.155 e. The summed E-state index contributed by atoms with van der Waals surface area (Å²) in [6, 6.07) is 54.3. The summed E-state index contributed by atoms with van der Waals surface area (Å²) in [5.41, 5.74) is 11.4. The Morgan fingerprint density at radius 2 is 1.22 bits per heavy atom. The van der Waals surface area contributed by atoms with Gasteiger partial charge in [-0.2, -0.15) is 0 Å². The predicted molar refractivity (Wildman–Crippen MR) is 213 cm³/mol. The summed E-state index contributed by atoms with van der Waals surface area (Å²) in [5, 5.41) is 3.72. The number of amidine groups is 1. The monoisotopic (exact) mass is 661 g/mol. The number of hydrogen-bond acceptors (Lipinski definition) is 4. The molecule has 0 N–H and O–H groups in total. The molecule has 0 amide bonds. The number of fused-ring (bicyclic) bond motifs is 4. The van der Waals surface area contributed by atoms with Gasteiger partial charge < -0.3 is 0 Å². The van der Waals surface area contributed by atoms with E-state index >= 15 is 0 Å². The Labute approximate surface area is 296 Å². The summed E-state index contributed by atoms with van der Waals surface area (Å²) < 4.78 is 2.56. The number of aryl methyl sites for hydroxylation is 1. The quantitative estimate of drug-likeness (QED) is 0.175. The molecule has 50 heavy (non-hydrogen) atoms. The normalized spacial score (nSPS) is 16.1. The van der Waals surface area contributed by atoms with Gasteiger partial charge in [-0.25, -0.2) is 9.98 Å². The van der Waals surface area contributed by atoms with Crippen molar-refractivity contribution < 1.29 is 0 Å². The fourth-order valence-electron chi connectivity index (χ4n) is 7.28. The molecule has 0 saturated carbocycles. The van der Waals surface area contributed by atoms with Crippen LogP contribution in [0.2, 0.25) is 0 Å². The Kier molecular flexibility index (Phi) is 7.67.